The summed E-state index contributed by atoms with van der Waals surface area (Å²) in [7, 11) is 0. The zero-order valence-electron chi connectivity index (χ0n) is 11.3. The Bertz CT molecular complexity index is 192. The number of rotatable bonds is 6. The lowest BCUT2D eigenvalue weighted by molar-refractivity contribution is 0.349. The monoisotopic (exact) mass is 211 g/mol. The fourth-order valence-corrected chi connectivity index (χ4v) is 2.59. The van der Waals surface area contributed by atoms with Gasteiger partial charge in [0.2, 0.25) is 0 Å². The molecule has 2 unspecified atom stereocenters. The van der Waals surface area contributed by atoms with Crippen LogP contribution >= 0.6 is 0 Å². The van der Waals surface area contributed by atoms with Crippen LogP contribution in [0.3, 0.4) is 0 Å². The molecule has 0 aromatic heterocycles. The minimum atomic E-state index is 0.285. The summed E-state index contributed by atoms with van der Waals surface area (Å²) in [5.41, 5.74) is 1.00. The molecule has 0 aliphatic heterocycles. The fourth-order valence-electron chi connectivity index (χ4n) is 2.59. The van der Waals surface area contributed by atoms with Crippen LogP contribution in [0.5, 0.6) is 0 Å². The van der Waals surface area contributed by atoms with Crippen molar-refractivity contribution >= 4 is 0 Å². The summed E-state index contributed by atoms with van der Waals surface area (Å²) in [6, 6.07) is 0. The first-order chi connectivity index (χ1) is 6.93. The number of nitrogens with one attached hydrogen (secondary N) is 1. The maximum atomic E-state index is 3.65. The standard InChI is InChI=1S/C14H29N/c1-6-8-9-14(7-2)10-12(14)11-15-13(3,4)5/h12,15H,6-11H2,1-5H3. The molecule has 0 saturated heterocycles. The Morgan fingerprint density at radius 1 is 1.27 bits per heavy atom. The predicted octanol–water partition coefficient (Wildman–Crippen LogP) is 3.98. The van der Waals surface area contributed by atoms with Gasteiger partial charge in [0.1, 0.15) is 0 Å². The van der Waals surface area contributed by atoms with Crippen molar-refractivity contribution in [3.8, 4) is 0 Å². The van der Waals surface area contributed by atoms with E-state index < -0.39 is 0 Å². The molecule has 1 fully saturated rings. The Morgan fingerprint density at radius 2 is 1.93 bits per heavy atom. The number of hydrogen-bond acceptors (Lipinski definition) is 1. The maximum absolute atomic E-state index is 3.65. The van der Waals surface area contributed by atoms with E-state index in [2.05, 4.69) is 39.9 Å². The molecule has 15 heavy (non-hydrogen) atoms. The molecule has 1 rings (SSSR count). The highest BCUT2D eigenvalue weighted by atomic mass is 15.0. The van der Waals surface area contributed by atoms with E-state index in [0.29, 0.717) is 5.41 Å². The Hall–Kier alpha value is -0.0400. The molecule has 90 valence electrons. The van der Waals surface area contributed by atoms with Gasteiger partial charge < -0.3 is 5.32 Å². The SMILES string of the molecule is CCCCC1(CC)CC1CNC(C)(C)C. The van der Waals surface area contributed by atoms with E-state index in [1.165, 1.54) is 38.6 Å². The predicted molar refractivity (Wildman–Crippen MR) is 68.1 cm³/mol. The minimum absolute atomic E-state index is 0.285. The molecule has 2 atom stereocenters. The van der Waals surface area contributed by atoms with Crippen molar-refractivity contribution in [1.29, 1.82) is 0 Å². The maximum Gasteiger partial charge on any atom is 0.00966 e. The van der Waals surface area contributed by atoms with Crippen LogP contribution in [0.15, 0.2) is 0 Å². The van der Waals surface area contributed by atoms with Gasteiger partial charge in [-0.3, -0.25) is 0 Å². The summed E-state index contributed by atoms with van der Waals surface area (Å²) in [4.78, 5) is 0. The van der Waals surface area contributed by atoms with Gasteiger partial charge >= 0.3 is 0 Å². The van der Waals surface area contributed by atoms with E-state index in [4.69, 9.17) is 0 Å². The summed E-state index contributed by atoms with van der Waals surface area (Å²) in [6.45, 7) is 12.7. The van der Waals surface area contributed by atoms with Crippen LogP contribution in [-0.2, 0) is 0 Å². The van der Waals surface area contributed by atoms with Crippen molar-refractivity contribution in [2.75, 3.05) is 6.54 Å². The Labute approximate surface area is 96.0 Å². The average molecular weight is 211 g/mol. The van der Waals surface area contributed by atoms with Crippen molar-refractivity contribution in [2.24, 2.45) is 11.3 Å². The van der Waals surface area contributed by atoms with Crippen LogP contribution in [-0.4, -0.2) is 12.1 Å². The fraction of sp³-hybridized carbons (Fsp3) is 1.00. The van der Waals surface area contributed by atoms with E-state index in [0.717, 1.165) is 5.92 Å². The first kappa shape index (κ1) is 13.0. The lowest BCUT2D eigenvalue weighted by Gasteiger charge is -2.22. The van der Waals surface area contributed by atoms with Gasteiger partial charge in [0.05, 0.1) is 0 Å². The molecule has 0 radical (unpaired) electrons. The van der Waals surface area contributed by atoms with Crippen molar-refractivity contribution in [3.05, 3.63) is 0 Å². The summed E-state index contributed by atoms with van der Waals surface area (Å²) in [5, 5.41) is 3.65. The van der Waals surface area contributed by atoms with Crippen molar-refractivity contribution in [1.82, 2.24) is 5.32 Å². The van der Waals surface area contributed by atoms with Crippen LogP contribution in [0.4, 0.5) is 0 Å². The lowest BCUT2D eigenvalue weighted by Crippen LogP contribution is -2.37. The van der Waals surface area contributed by atoms with Crippen LogP contribution < -0.4 is 5.32 Å². The summed E-state index contributed by atoms with van der Waals surface area (Å²) < 4.78 is 0. The van der Waals surface area contributed by atoms with Crippen molar-refractivity contribution in [3.63, 3.8) is 0 Å². The second kappa shape index (κ2) is 4.86. The molecular formula is C14H29N. The van der Waals surface area contributed by atoms with Crippen LogP contribution in [0.25, 0.3) is 0 Å². The molecule has 1 nitrogen and oxygen atoms in total. The Morgan fingerprint density at radius 3 is 2.40 bits per heavy atom. The third kappa shape index (κ3) is 3.79. The van der Waals surface area contributed by atoms with Gasteiger partial charge in [-0.05, 0) is 51.5 Å². The first-order valence-electron chi connectivity index (χ1n) is 6.68. The molecule has 0 spiro atoms. The summed E-state index contributed by atoms with van der Waals surface area (Å²) in [5.74, 6) is 0.952. The van der Waals surface area contributed by atoms with Gasteiger partial charge in [-0.1, -0.05) is 33.1 Å². The quantitative estimate of drug-likeness (QED) is 0.700. The zero-order chi connectivity index (χ0) is 11.5. The second-order valence-corrected chi connectivity index (χ2v) is 6.35. The third-order valence-corrected chi connectivity index (χ3v) is 3.97. The molecule has 0 heterocycles. The molecule has 0 bridgehead atoms. The molecule has 1 aliphatic rings. The largest absolute Gasteiger partial charge is 0.312 e. The normalized spacial score (nSPS) is 30.6. The zero-order valence-corrected chi connectivity index (χ0v) is 11.3. The van der Waals surface area contributed by atoms with E-state index in [1.807, 2.05) is 0 Å². The Balaban J connectivity index is 2.29. The third-order valence-electron chi connectivity index (χ3n) is 3.97. The topological polar surface area (TPSA) is 12.0 Å². The van der Waals surface area contributed by atoms with Gasteiger partial charge in [0.25, 0.3) is 0 Å². The Kier molecular flexibility index (Phi) is 4.22. The summed E-state index contributed by atoms with van der Waals surface area (Å²) >= 11 is 0. The molecule has 1 saturated carbocycles. The highest BCUT2D eigenvalue weighted by molar-refractivity contribution is 5.02. The van der Waals surface area contributed by atoms with Gasteiger partial charge in [-0.2, -0.15) is 0 Å². The molecule has 0 aromatic carbocycles. The second-order valence-electron chi connectivity index (χ2n) is 6.35. The van der Waals surface area contributed by atoms with E-state index in [-0.39, 0.29) is 5.54 Å². The smallest absolute Gasteiger partial charge is 0.00966 e. The highest BCUT2D eigenvalue weighted by Crippen LogP contribution is 2.58. The van der Waals surface area contributed by atoms with Crippen LogP contribution in [0, 0.1) is 11.3 Å². The lowest BCUT2D eigenvalue weighted by atomic mass is 9.93. The minimum Gasteiger partial charge on any atom is -0.312 e. The molecule has 0 aromatic rings. The number of hydrogen-bond donors (Lipinski definition) is 1. The van der Waals surface area contributed by atoms with Gasteiger partial charge in [-0.25, -0.2) is 0 Å². The van der Waals surface area contributed by atoms with Crippen molar-refractivity contribution in [2.45, 2.75) is 72.3 Å². The van der Waals surface area contributed by atoms with Gasteiger partial charge in [0, 0.05) is 5.54 Å². The average Bonchev–Trinajstić information content (AvgIpc) is 2.85. The molecule has 1 aliphatic carbocycles. The van der Waals surface area contributed by atoms with Gasteiger partial charge in [0.15, 0.2) is 0 Å². The molecule has 0 amide bonds. The first-order valence-corrected chi connectivity index (χ1v) is 6.68. The van der Waals surface area contributed by atoms with Crippen LogP contribution in [0.2, 0.25) is 0 Å². The van der Waals surface area contributed by atoms with Crippen LogP contribution in [0.1, 0.15) is 66.7 Å². The molecule has 1 N–H and O–H groups in total. The molecule has 1 heteroatoms. The molecular weight excluding hydrogens is 182 g/mol. The number of unbranched alkanes of at least 4 members (excludes halogenated alkanes) is 1. The van der Waals surface area contributed by atoms with Gasteiger partial charge in [-0.15, -0.1) is 0 Å². The van der Waals surface area contributed by atoms with E-state index >= 15 is 0 Å². The summed E-state index contributed by atoms with van der Waals surface area (Å²) in [6.07, 6.45) is 7.06. The van der Waals surface area contributed by atoms with E-state index in [1.54, 1.807) is 0 Å². The highest BCUT2D eigenvalue weighted by Gasteiger charge is 2.51. The van der Waals surface area contributed by atoms with Crippen molar-refractivity contribution < 1.29 is 0 Å². The van der Waals surface area contributed by atoms with E-state index in [9.17, 15) is 0 Å².